The van der Waals surface area contributed by atoms with E-state index in [1.807, 2.05) is 0 Å². The van der Waals surface area contributed by atoms with Crippen LogP contribution in [0.25, 0.3) is 0 Å². The van der Waals surface area contributed by atoms with Crippen molar-refractivity contribution in [2.24, 2.45) is 0 Å². The molecule has 0 aromatic carbocycles. The van der Waals surface area contributed by atoms with E-state index < -0.39 is 0 Å². The summed E-state index contributed by atoms with van der Waals surface area (Å²) in [6.45, 7) is 5.41. The van der Waals surface area contributed by atoms with Gasteiger partial charge >= 0.3 is 0 Å². The summed E-state index contributed by atoms with van der Waals surface area (Å²) < 4.78 is 2.24. The van der Waals surface area contributed by atoms with E-state index >= 15 is 0 Å². The largest absolute Gasteiger partial charge is 0.315 e. The Morgan fingerprint density at radius 3 is 1.90 bits per heavy atom. The number of aromatic nitrogens is 3. The predicted molar refractivity (Wildman–Crippen MR) is 89.3 cm³/mol. The normalized spacial score (nSPS) is 11.2. The fraction of sp³-hybridized carbons (Fsp3) is 0.875. The molecule has 1 heterocycles. The number of nitrogens with zero attached hydrogens (tertiary/aromatic N) is 3. The zero-order valence-electron chi connectivity index (χ0n) is 13.2. The highest BCUT2D eigenvalue weighted by molar-refractivity contribution is 9.08. The van der Waals surface area contributed by atoms with Crippen LogP contribution in [0.2, 0.25) is 0 Å². The van der Waals surface area contributed by atoms with Gasteiger partial charge in [0.05, 0.1) is 5.33 Å². The van der Waals surface area contributed by atoms with E-state index in [9.17, 15) is 0 Å². The molecule has 0 aliphatic heterocycles. The summed E-state index contributed by atoms with van der Waals surface area (Å²) in [7, 11) is 0. The molecule has 0 fully saturated rings. The van der Waals surface area contributed by atoms with Crippen molar-refractivity contribution >= 4 is 15.9 Å². The molecule has 0 unspecified atom stereocenters. The standard InChI is InChI=1S/C16H30BrN3/c1-3-5-6-7-8-9-10-11-12-13-15-18-19-16(14-17)20(15)4-2/h3-14H2,1-2H3. The molecular formula is C16H30BrN3. The van der Waals surface area contributed by atoms with Gasteiger partial charge in [0.1, 0.15) is 11.6 Å². The quantitative estimate of drug-likeness (QED) is 0.382. The lowest BCUT2D eigenvalue weighted by Gasteiger charge is -2.06. The van der Waals surface area contributed by atoms with E-state index in [-0.39, 0.29) is 0 Å². The molecule has 0 radical (unpaired) electrons. The Hall–Kier alpha value is -0.380. The van der Waals surface area contributed by atoms with Gasteiger partial charge in [0.15, 0.2) is 0 Å². The van der Waals surface area contributed by atoms with Crippen LogP contribution in [0.5, 0.6) is 0 Å². The average molecular weight is 344 g/mol. The lowest BCUT2D eigenvalue weighted by Crippen LogP contribution is -2.05. The molecule has 0 aliphatic rings. The monoisotopic (exact) mass is 343 g/mol. The van der Waals surface area contributed by atoms with Crippen LogP contribution >= 0.6 is 15.9 Å². The molecule has 0 saturated carbocycles. The number of alkyl halides is 1. The number of hydrogen-bond donors (Lipinski definition) is 0. The topological polar surface area (TPSA) is 30.7 Å². The van der Waals surface area contributed by atoms with E-state index in [0.29, 0.717) is 0 Å². The summed E-state index contributed by atoms with van der Waals surface area (Å²) in [6.07, 6.45) is 13.4. The fourth-order valence-electron chi connectivity index (χ4n) is 2.61. The highest BCUT2D eigenvalue weighted by atomic mass is 79.9. The molecule has 1 rings (SSSR count). The maximum Gasteiger partial charge on any atom is 0.143 e. The second kappa shape index (κ2) is 11.3. The molecule has 0 atom stereocenters. The average Bonchev–Trinajstić information content (AvgIpc) is 2.87. The minimum absolute atomic E-state index is 0.797. The molecular weight excluding hydrogens is 314 g/mol. The number of rotatable bonds is 12. The van der Waals surface area contributed by atoms with Gasteiger partial charge in [0.2, 0.25) is 0 Å². The summed E-state index contributed by atoms with van der Waals surface area (Å²) in [4.78, 5) is 0. The Bertz CT molecular complexity index is 349. The van der Waals surface area contributed by atoms with Gasteiger partial charge in [-0.1, -0.05) is 74.2 Å². The van der Waals surface area contributed by atoms with E-state index in [1.165, 1.54) is 57.8 Å². The number of halogens is 1. The molecule has 0 bridgehead atoms. The van der Waals surface area contributed by atoms with Crippen LogP contribution in [-0.2, 0) is 18.3 Å². The van der Waals surface area contributed by atoms with Crippen molar-refractivity contribution in [1.29, 1.82) is 0 Å². The minimum atomic E-state index is 0.797. The van der Waals surface area contributed by atoms with Crippen molar-refractivity contribution in [3.63, 3.8) is 0 Å². The van der Waals surface area contributed by atoms with Gasteiger partial charge in [-0.05, 0) is 13.3 Å². The van der Waals surface area contributed by atoms with Gasteiger partial charge in [0, 0.05) is 13.0 Å². The van der Waals surface area contributed by atoms with Crippen LogP contribution < -0.4 is 0 Å². The van der Waals surface area contributed by atoms with E-state index in [1.54, 1.807) is 0 Å². The third-order valence-electron chi connectivity index (χ3n) is 3.84. The Morgan fingerprint density at radius 2 is 1.35 bits per heavy atom. The summed E-state index contributed by atoms with van der Waals surface area (Å²) in [5.74, 6) is 2.21. The number of aryl methyl sites for hydroxylation is 1. The molecule has 0 spiro atoms. The van der Waals surface area contributed by atoms with Gasteiger partial charge < -0.3 is 4.57 Å². The molecule has 20 heavy (non-hydrogen) atoms. The smallest absolute Gasteiger partial charge is 0.143 e. The highest BCUT2D eigenvalue weighted by Crippen LogP contribution is 2.12. The fourth-order valence-corrected chi connectivity index (χ4v) is 3.03. The van der Waals surface area contributed by atoms with Gasteiger partial charge in [-0.3, -0.25) is 0 Å². The molecule has 4 heteroatoms. The van der Waals surface area contributed by atoms with Crippen LogP contribution in [0.15, 0.2) is 0 Å². The van der Waals surface area contributed by atoms with Crippen molar-refractivity contribution in [2.75, 3.05) is 0 Å². The van der Waals surface area contributed by atoms with Crippen LogP contribution in [0.4, 0.5) is 0 Å². The van der Waals surface area contributed by atoms with Crippen LogP contribution in [0.1, 0.15) is 83.3 Å². The zero-order valence-corrected chi connectivity index (χ0v) is 14.8. The first kappa shape index (κ1) is 17.7. The van der Waals surface area contributed by atoms with Crippen molar-refractivity contribution in [3.05, 3.63) is 11.6 Å². The molecule has 0 aliphatic carbocycles. The predicted octanol–water partition coefficient (Wildman–Crippen LogP) is 5.27. The number of hydrogen-bond acceptors (Lipinski definition) is 2. The summed E-state index contributed by atoms with van der Waals surface area (Å²) in [5.41, 5.74) is 0. The maximum absolute atomic E-state index is 4.31. The molecule has 1 aromatic rings. The Balaban J connectivity index is 2.08. The Labute approximate surface area is 132 Å². The molecule has 1 aromatic heterocycles. The van der Waals surface area contributed by atoms with Crippen molar-refractivity contribution in [3.8, 4) is 0 Å². The Morgan fingerprint density at radius 1 is 0.800 bits per heavy atom. The third kappa shape index (κ3) is 6.38. The van der Waals surface area contributed by atoms with E-state index in [2.05, 4.69) is 44.5 Å². The summed E-state index contributed by atoms with van der Waals surface area (Å²) >= 11 is 3.47. The van der Waals surface area contributed by atoms with Gasteiger partial charge in [-0.2, -0.15) is 0 Å². The highest BCUT2D eigenvalue weighted by Gasteiger charge is 2.08. The SMILES string of the molecule is CCCCCCCCCCCc1nnc(CBr)n1CC. The summed E-state index contributed by atoms with van der Waals surface area (Å²) in [6, 6.07) is 0. The minimum Gasteiger partial charge on any atom is -0.315 e. The first-order chi connectivity index (χ1) is 9.83. The van der Waals surface area contributed by atoms with E-state index in [0.717, 1.165) is 29.9 Å². The maximum atomic E-state index is 4.31. The van der Waals surface area contributed by atoms with Crippen LogP contribution in [-0.4, -0.2) is 14.8 Å². The van der Waals surface area contributed by atoms with Crippen molar-refractivity contribution < 1.29 is 0 Å². The van der Waals surface area contributed by atoms with Gasteiger partial charge in [-0.25, -0.2) is 0 Å². The first-order valence-corrected chi connectivity index (χ1v) is 9.42. The third-order valence-corrected chi connectivity index (χ3v) is 4.35. The lowest BCUT2D eigenvalue weighted by molar-refractivity contribution is 0.556. The first-order valence-electron chi connectivity index (χ1n) is 8.30. The van der Waals surface area contributed by atoms with E-state index in [4.69, 9.17) is 0 Å². The Kier molecular flexibility index (Phi) is 9.98. The van der Waals surface area contributed by atoms with Crippen LogP contribution in [0, 0.1) is 0 Å². The summed E-state index contributed by atoms with van der Waals surface area (Å²) in [5, 5.41) is 9.33. The van der Waals surface area contributed by atoms with Gasteiger partial charge in [0.25, 0.3) is 0 Å². The molecule has 0 saturated heterocycles. The van der Waals surface area contributed by atoms with Crippen LogP contribution in [0.3, 0.4) is 0 Å². The lowest BCUT2D eigenvalue weighted by atomic mass is 10.1. The second-order valence-corrected chi connectivity index (χ2v) is 6.05. The molecule has 116 valence electrons. The van der Waals surface area contributed by atoms with Gasteiger partial charge in [-0.15, -0.1) is 10.2 Å². The molecule has 0 amide bonds. The van der Waals surface area contributed by atoms with Crippen molar-refractivity contribution in [1.82, 2.24) is 14.8 Å². The van der Waals surface area contributed by atoms with Crippen molar-refractivity contribution in [2.45, 2.75) is 89.9 Å². The zero-order chi connectivity index (χ0) is 14.6. The number of unbranched alkanes of at least 4 members (excludes halogenated alkanes) is 8. The second-order valence-electron chi connectivity index (χ2n) is 5.49. The molecule has 0 N–H and O–H groups in total. The molecule has 3 nitrogen and oxygen atoms in total.